The number of hydrogen-bond acceptors (Lipinski definition) is 6. The number of aliphatic carboxylic acids is 1. The predicted molar refractivity (Wildman–Crippen MR) is 127 cm³/mol. The molecule has 0 spiro atoms. The average Bonchev–Trinajstić information content (AvgIpc) is 2.71. The van der Waals surface area contributed by atoms with Crippen LogP contribution in [0, 0.1) is 0 Å². The summed E-state index contributed by atoms with van der Waals surface area (Å²) in [5.74, 6) is -1.77. The van der Waals surface area contributed by atoms with E-state index in [0.29, 0.717) is 6.42 Å². The molecule has 0 unspecified atom stereocenters. The average molecular weight is 504 g/mol. The van der Waals surface area contributed by atoms with Crippen LogP contribution in [-0.4, -0.2) is 50.7 Å². The van der Waals surface area contributed by atoms with Crippen LogP contribution in [0.4, 0.5) is 4.79 Å². The van der Waals surface area contributed by atoms with Crippen LogP contribution in [0.5, 0.6) is 0 Å². The van der Waals surface area contributed by atoms with E-state index in [1.165, 1.54) is 0 Å². The van der Waals surface area contributed by atoms with Gasteiger partial charge in [0.15, 0.2) is 0 Å². The van der Waals surface area contributed by atoms with E-state index >= 15 is 0 Å². The molecule has 1 rings (SSSR count). The lowest BCUT2D eigenvalue weighted by Crippen LogP contribution is -2.44. The molecule has 4 N–H and O–H groups in total. The van der Waals surface area contributed by atoms with Gasteiger partial charge in [-0.1, -0.05) is 56.5 Å². The molecule has 0 aliphatic heterocycles. The molecular weight excluding hydrogens is 465 g/mol. The Labute approximate surface area is 201 Å². The van der Waals surface area contributed by atoms with Crippen molar-refractivity contribution in [1.82, 2.24) is 5.32 Å². The lowest BCUT2D eigenvalue weighted by atomic mass is 10.1. The van der Waals surface area contributed by atoms with Gasteiger partial charge >= 0.3 is 25.6 Å². The summed E-state index contributed by atoms with van der Waals surface area (Å²) in [5.41, 5.74) is 0.0650. The van der Waals surface area contributed by atoms with Gasteiger partial charge in [-0.15, -0.1) is 0 Å². The Kier molecular flexibility index (Phi) is 15.1. The van der Waals surface area contributed by atoms with Gasteiger partial charge in [-0.05, 0) is 39.2 Å². The van der Waals surface area contributed by atoms with Gasteiger partial charge in [-0.25, -0.2) is 9.59 Å². The molecule has 34 heavy (non-hydrogen) atoms. The summed E-state index contributed by atoms with van der Waals surface area (Å²) >= 11 is 0. The van der Waals surface area contributed by atoms with E-state index in [1.54, 1.807) is 32.9 Å². The lowest BCUT2D eigenvalue weighted by Gasteiger charge is -2.22. The van der Waals surface area contributed by atoms with Gasteiger partial charge in [-0.3, -0.25) is 9.36 Å². The number of benzene rings is 1. The highest BCUT2D eigenvalue weighted by Crippen LogP contribution is 2.35. The number of carbonyl (C=O) groups excluding carboxylic acids is 2. The first-order valence-electron chi connectivity index (χ1n) is 11.2. The van der Waals surface area contributed by atoms with Gasteiger partial charge in [0, 0.05) is 12.6 Å². The zero-order valence-electron chi connectivity index (χ0n) is 20.4. The molecule has 1 aromatic rings. The Morgan fingerprint density at radius 2 is 1.68 bits per heavy atom. The monoisotopic (exact) mass is 503 g/mol. The topological polar surface area (TPSA) is 159 Å². The van der Waals surface area contributed by atoms with Crippen LogP contribution >= 0.6 is 7.60 Å². The second-order valence-electron chi connectivity index (χ2n) is 8.67. The normalized spacial score (nSPS) is 12.1. The van der Waals surface area contributed by atoms with Gasteiger partial charge in [0.05, 0.1) is 0 Å². The second kappa shape index (κ2) is 16.2. The number of carbonyl (C=O) groups is 3. The fraction of sp³-hybridized carbons (Fsp3) is 0.609. The lowest BCUT2D eigenvalue weighted by molar-refractivity contribution is -0.148. The molecule has 1 atom stereocenters. The number of carboxylic acids is 1. The highest BCUT2D eigenvalue weighted by molar-refractivity contribution is 7.51. The van der Waals surface area contributed by atoms with Crippen molar-refractivity contribution in [3.63, 3.8) is 0 Å². The van der Waals surface area contributed by atoms with E-state index in [1.807, 2.05) is 18.2 Å². The van der Waals surface area contributed by atoms with Gasteiger partial charge in [0.1, 0.15) is 18.2 Å². The zero-order valence-corrected chi connectivity index (χ0v) is 21.3. The SMILES string of the molecule is CC(C)(C)OC(=O)N[C@@H](CCC(=O)O)C(=O)OCc1ccccc1.CCCCCCP(=O)(O)O. The Morgan fingerprint density at radius 1 is 1.06 bits per heavy atom. The number of amides is 1. The molecule has 1 amide bonds. The molecule has 0 fully saturated rings. The molecule has 0 saturated heterocycles. The molecule has 0 aliphatic carbocycles. The summed E-state index contributed by atoms with van der Waals surface area (Å²) < 4.78 is 20.5. The minimum absolute atomic E-state index is 0.0409. The fourth-order valence-electron chi connectivity index (χ4n) is 2.54. The number of nitrogens with one attached hydrogen (secondary N) is 1. The van der Waals surface area contributed by atoms with Crippen LogP contribution in [-0.2, 0) is 30.2 Å². The second-order valence-corrected chi connectivity index (χ2v) is 10.5. The van der Waals surface area contributed by atoms with Gasteiger partial charge in [0.25, 0.3) is 0 Å². The van der Waals surface area contributed by atoms with Crippen LogP contribution in [0.25, 0.3) is 0 Å². The van der Waals surface area contributed by atoms with Crippen LogP contribution in [0.3, 0.4) is 0 Å². The third-order valence-corrected chi connectivity index (χ3v) is 5.05. The standard InChI is InChI=1S/C17H23NO6.C6H15O3P/c1-17(2,3)24-16(22)18-13(9-10-14(19)20)15(21)23-11-12-7-5-4-6-8-12;1-2-3-4-5-6-10(7,8)9/h4-8,13H,9-11H2,1-3H3,(H,18,22)(H,19,20);2-6H2,1H3,(H2,7,8,9)/t13-;/m0./s1. The van der Waals surface area contributed by atoms with Crippen molar-refractivity contribution in [2.24, 2.45) is 0 Å². The van der Waals surface area contributed by atoms with Crippen LogP contribution < -0.4 is 5.32 Å². The van der Waals surface area contributed by atoms with E-state index < -0.39 is 37.3 Å². The Bertz CT molecular complexity index is 787. The summed E-state index contributed by atoms with van der Waals surface area (Å²) in [6.45, 7) is 7.17. The first kappa shape index (κ1) is 31.6. The molecule has 0 aromatic heterocycles. The number of hydrogen-bond donors (Lipinski definition) is 4. The summed E-state index contributed by atoms with van der Waals surface area (Å²) in [5, 5.41) is 11.1. The summed E-state index contributed by atoms with van der Waals surface area (Å²) in [6.07, 6.45) is 2.64. The summed E-state index contributed by atoms with van der Waals surface area (Å²) in [6, 6.07) is 7.96. The first-order chi connectivity index (χ1) is 15.7. The van der Waals surface area contributed by atoms with Crippen LogP contribution in [0.1, 0.15) is 71.8 Å². The minimum atomic E-state index is -3.71. The highest BCUT2D eigenvalue weighted by Gasteiger charge is 2.26. The maximum Gasteiger partial charge on any atom is 0.408 e. The number of unbranched alkanes of at least 4 members (excludes halogenated alkanes) is 3. The molecule has 11 heteroatoms. The van der Waals surface area contributed by atoms with Gasteiger partial charge < -0.3 is 29.7 Å². The summed E-state index contributed by atoms with van der Waals surface area (Å²) in [7, 11) is -3.71. The Balaban J connectivity index is 0.000000916. The quantitative estimate of drug-likeness (QED) is 0.186. The molecule has 194 valence electrons. The van der Waals surface area contributed by atoms with E-state index in [-0.39, 0.29) is 25.6 Å². The van der Waals surface area contributed by atoms with Crippen LogP contribution in [0.15, 0.2) is 30.3 Å². The number of alkyl carbamates (subject to hydrolysis) is 1. The van der Waals surface area contributed by atoms with E-state index in [4.69, 9.17) is 24.4 Å². The van der Waals surface area contributed by atoms with Crippen molar-refractivity contribution in [2.45, 2.75) is 84.5 Å². The van der Waals surface area contributed by atoms with Gasteiger partial charge in [0.2, 0.25) is 0 Å². The van der Waals surface area contributed by atoms with Crippen molar-refractivity contribution in [3.05, 3.63) is 35.9 Å². The predicted octanol–water partition coefficient (Wildman–Crippen LogP) is 4.23. The third kappa shape index (κ3) is 19.1. The molecule has 0 aliphatic rings. The number of esters is 1. The molecular formula is C23H38NO9P. The number of ether oxygens (including phenoxy) is 2. The smallest absolute Gasteiger partial charge is 0.408 e. The summed E-state index contributed by atoms with van der Waals surface area (Å²) in [4.78, 5) is 51.5. The molecule has 10 nitrogen and oxygen atoms in total. The minimum Gasteiger partial charge on any atom is -0.481 e. The largest absolute Gasteiger partial charge is 0.481 e. The highest BCUT2D eigenvalue weighted by atomic mass is 31.2. The van der Waals surface area contributed by atoms with Crippen molar-refractivity contribution in [1.29, 1.82) is 0 Å². The van der Waals surface area contributed by atoms with Crippen LogP contribution in [0.2, 0.25) is 0 Å². The maximum absolute atomic E-state index is 12.1. The number of rotatable bonds is 12. The van der Waals surface area contributed by atoms with Crippen molar-refractivity contribution < 1.29 is 43.3 Å². The third-order valence-electron chi connectivity index (χ3n) is 4.15. The molecule has 0 radical (unpaired) electrons. The molecule has 0 heterocycles. The molecule has 1 aromatic carbocycles. The first-order valence-corrected chi connectivity index (χ1v) is 13.0. The van der Waals surface area contributed by atoms with Crippen molar-refractivity contribution in [3.8, 4) is 0 Å². The van der Waals surface area contributed by atoms with Gasteiger partial charge in [-0.2, -0.15) is 0 Å². The molecule has 0 saturated carbocycles. The Hall–Kier alpha value is -2.42. The van der Waals surface area contributed by atoms with Crippen molar-refractivity contribution >= 4 is 25.6 Å². The molecule has 0 bridgehead atoms. The number of carboxylic acid groups (broad SMARTS) is 1. The van der Waals surface area contributed by atoms with Crippen molar-refractivity contribution in [2.75, 3.05) is 6.16 Å². The zero-order chi connectivity index (χ0) is 26.2. The van der Waals surface area contributed by atoms with E-state index in [2.05, 4.69) is 12.2 Å². The van der Waals surface area contributed by atoms with E-state index in [0.717, 1.165) is 24.8 Å². The van der Waals surface area contributed by atoms with E-state index in [9.17, 15) is 18.9 Å². The Morgan fingerprint density at radius 3 is 2.18 bits per heavy atom. The fourth-order valence-corrected chi connectivity index (χ4v) is 3.18. The maximum atomic E-state index is 12.1.